The molecule has 3 N–H and O–H groups in total. The van der Waals surface area contributed by atoms with Crippen molar-refractivity contribution in [1.82, 2.24) is 0 Å². The summed E-state index contributed by atoms with van der Waals surface area (Å²) >= 11 is 0. The van der Waals surface area contributed by atoms with Crippen LogP contribution in [-0.2, 0) is 0 Å². The number of aryl methyl sites for hydroxylation is 1. The van der Waals surface area contributed by atoms with E-state index in [0.717, 1.165) is 17.1 Å². The zero-order valence-corrected chi connectivity index (χ0v) is 19.7. The Morgan fingerprint density at radius 2 is 1.81 bits per heavy atom. The lowest BCUT2D eigenvalue weighted by atomic mass is 9.79. The molecule has 2 aromatic carbocycles. The van der Waals surface area contributed by atoms with Crippen molar-refractivity contribution in [3.63, 3.8) is 0 Å². The third kappa shape index (κ3) is 6.48. The Kier molecular flexibility index (Phi) is 8.55. The van der Waals surface area contributed by atoms with Crippen molar-refractivity contribution in [3.8, 4) is 0 Å². The van der Waals surface area contributed by atoms with E-state index in [1.165, 1.54) is 81.0 Å². The molecule has 0 spiro atoms. The molecule has 0 heterocycles. The molecule has 32 heavy (non-hydrogen) atoms. The van der Waals surface area contributed by atoms with Crippen LogP contribution in [0.1, 0.15) is 92.9 Å². The van der Waals surface area contributed by atoms with Gasteiger partial charge in [0.2, 0.25) is 0 Å². The zero-order chi connectivity index (χ0) is 23.1. The minimum Gasteiger partial charge on any atom is -0.509 e. The standard InChI is InChI=1S/C25H30FNO.C4H8/c1-16(7-9-19-5-4-6-19)23-14-20(10-8-17(23)2)24(13-18(3)28)22-12-11-21(26)15-25(22)27;1-2-4-3-1/h8,10-16,19,28H,3-7,9,27H2,1-2H3;1-4H2/b24-13+;. The Balaban J connectivity index is 0.000000650. The summed E-state index contributed by atoms with van der Waals surface area (Å²) in [6.45, 7) is 8.02. The van der Waals surface area contributed by atoms with Crippen molar-refractivity contribution in [1.29, 1.82) is 0 Å². The molecular weight excluding hydrogens is 397 g/mol. The predicted octanol–water partition coefficient (Wildman–Crippen LogP) is 8.46. The Bertz CT molecular complexity index is 950. The fourth-order valence-electron chi connectivity index (χ4n) is 4.27. The first-order chi connectivity index (χ1) is 15.3. The molecular formula is C29H38FNO. The molecule has 1 unspecified atom stereocenters. The number of hydrogen-bond donors (Lipinski definition) is 2. The zero-order valence-electron chi connectivity index (χ0n) is 19.7. The van der Waals surface area contributed by atoms with E-state index in [0.29, 0.717) is 17.2 Å². The van der Waals surface area contributed by atoms with Gasteiger partial charge in [0, 0.05) is 11.3 Å². The molecule has 0 aromatic heterocycles. The highest BCUT2D eigenvalue weighted by atomic mass is 19.1. The number of hydrogen-bond acceptors (Lipinski definition) is 2. The van der Waals surface area contributed by atoms with Gasteiger partial charge in [-0.3, -0.25) is 0 Å². The van der Waals surface area contributed by atoms with Gasteiger partial charge in [0.1, 0.15) is 11.6 Å². The van der Waals surface area contributed by atoms with Crippen molar-refractivity contribution < 1.29 is 9.50 Å². The lowest BCUT2D eigenvalue weighted by Gasteiger charge is -2.27. The number of rotatable bonds is 7. The predicted molar refractivity (Wildman–Crippen MR) is 134 cm³/mol. The summed E-state index contributed by atoms with van der Waals surface area (Å²) in [5, 5.41) is 9.82. The maximum atomic E-state index is 13.5. The van der Waals surface area contributed by atoms with Gasteiger partial charge in [0.05, 0.1) is 0 Å². The molecule has 2 aromatic rings. The smallest absolute Gasteiger partial charge is 0.125 e. The highest BCUT2D eigenvalue weighted by Gasteiger charge is 2.20. The van der Waals surface area contributed by atoms with Gasteiger partial charge in [0.15, 0.2) is 0 Å². The number of nitrogen functional groups attached to an aromatic ring is 1. The second kappa shape index (κ2) is 11.4. The summed E-state index contributed by atoms with van der Waals surface area (Å²) in [4.78, 5) is 0. The van der Waals surface area contributed by atoms with Gasteiger partial charge < -0.3 is 10.8 Å². The van der Waals surface area contributed by atoms with E-state index in [-0.39, 0.29) is 11.6 Å². The van der Waals surface area contributed by atoms with Gasteiger partial charge in [-0.15, -0.1) is 0 Å². The molecule has 0 saturated heterocycles. The molecule has 2 aliphatic carbocycles. The van der Waals surface area contributed by atoms with Crippen LogP contribution in [0.3, 0.4) is 0 Å². The summed E-state index contributed by atoms with van der Waals surface area (Å²) in [5.74, 6) is 0.930. The molecule has 2 aliphatic rings. The summed E-state index contributed by atoms with van der Waals surface area (Å²) < 4.78 is 13.5. The molecule has 0 radical (unpaired) electrons. The van der Waals surface area contributed by atoms with Crippen LogP contribution in [0, 0.1) is 18.7 Å². The van der Waals surface area contributed by atoms with E-state index in [1.807, 2.05) is 6.07 Å². The summed E-state index contributed by atoms with van der Waals surface area (Å²) in [7, 11) is 0. The number of halogens is 1. The quantitative estimate of drug-likeness (QED) is 0.260. The fourth-order valence-corrected chi connectivity index (χ4v) is 4.27. The molecule has 2 nitrogen and oxygen atoms in total. The van der Waals surface area contributed by atoms with Gasteiger partial charge in [-0.2, -0.15) is 0 Å². The topological polar surface area (TPSA) is 46.2 Å². The minimum absolute atomic E-state index is 0.0566. The van der Waals surface area contributed by atoms with Crippen LogP contribution < -0.4 is 5.73 Å². The Morgan fingerprint density at radius 1 is 1.12 bits per heavy atom. The molecule has 0 amide bonds. The van der Waals surface area contributed by atoms with Gasteiger partial charge in [0.25, 0.3) is 0 Å². The maximum absolute atomic E-state index is 13.5. The Labute approximate surface area is 193 Å². The van der Waals surface area contributed by atoms with Crippen LogP contribution in [0.15, 0.2) is 54.8 Å². The first-order valence-corrected chi connectivity index (χ1v) is 12.1. The third-order valence-corrected chi connectivity index (χ3v) is 6.97. The molecule has 0 bridgehead atoms. The van der Waals surface area contributed by atoms with Gasteiger partial charge in [-0.1, -0.05) is 76.6 Å². The van der Waals surface area contributed by atoms with Crippen molar-refractivity contribution in [2.24, 2.45) is 5.92 Å². The average Bonchev–Trinajstić information content (AvgIpc) is 2.64. The van der Waals surface area contributed by atoms with Crippen molar-refractivity contribution >= 4 is 11.3 Å². The van der Waals surface area contributed by atoms with Crippen molar-refractivity contribution in [2.45, 2.75) is 77.6 Å². The number of aliphatic hydroxyl groups excluding tert-OH is 1. The van der Waals surface area contributed by atoms with Crippen molar-refractivity contribution in [3.05, 3.63) is 82.9 Å². The van der Waals surface area contributed by atoms with Gasteiger partial charge in [-0.25, -0.2) is 4.39 Å². The summed E-state index contributed by atoms with van der Waals surface area (Å²) in [6.07, 6.45) is 14.2. The molecule has 1 atom stereocenters. The Hall–Kier alpha value is -2.55. The first kappa shape index (κ1) is 24.1. The lowest BCUT2D eigenvalue weighted by Crippen LogP contribution is -2.12. The second-order valence-electron chi connectivity index (χ2n) is 9.54. The van der Waals surface area contributed by atoms with E-state index in [9.17, 15) is 9.50 Å². The van der Waals surface area contributed by atoms with Crippen LogP contribution >= 0.6 is 0 Å². The third-order valence-electron chi connectivity index (χ3n) is 6.97. The molecule has 2 fully saturated rings. The summed E-state index contributed by atoms with van der Waals surface area (Å²) in [5.41, 5.74) is 11.4. The molecule has 3 heteroatoms. The number of benzene rings is 2. The van der Waals surface area contributed by atoms with E-state index in [4.69, 9.17) is 5.73 Å². The van der Waals surface area contributed by atoms with E-state index in [1.54, 1.807) is 12.1 Å². The lowest BCUT2D eigenvalue weighted by molar-refractivity contribution is 0.284. The maximum Gasteiger partial charge on any atom is 0.125 e. The SMILES string of the molecule is C1CCC1.C=C(O)/C=C(\c1ccc(C)c(C(C)CCC2CCC2)c1)c1ccc(F)cc1N. The number of aliphatic hydroxyl groups is 1. The molecule has 4 rings (SSSR count). The highest BCUT2D eigenvalue weighted by Crippen LogP contribution is 2.36. The van der Waals surface area contributed by atoms with E-state index in [2.05, 4.69) is 32.6 Å². The largest absolute Gasteiger partial charge is 0.509 e. The fraction of sp³-hybridized carbons (Fsp3) is 0.448. The van der Waals surface area contributed by atoms with E-state index < -0.39 is 0 Å². The Morgan fingerprint density at radius 3 is 2.34 bits per heavy atom. The van der Waals surface area contributed by atoms with Crippen molar-refractivity contribution in [2.75, 3.05) is 5.73 Å². The van der Waals surface area contributed by atoms with Crippen LogP contribution in [0.4, 0.5) is 10.1 Å². The van der Waals surface area contributed by atoms with Gasteiger partial charge in [-0.05, 0) is 78.1 Å². The highest BCUT2D eigenvalue weighted by molar-refractivity contribution is 5.86. The summed E-state index contributed by atoms with van der Waals surface area (Å²) in [6, 6.07) is 10.7. The monoisotopic (exact) mass is 435 g/mol. The molecule has 2 saturated carbocycles. The average molecular weight is 436 g/mol. The molecule has 172 valence electrons. The number of allylic oxidation sites excluding steroid dienone is 1. The normalized spacial score (nSPS) is 16.9. The number of nitrogens with two attached hydrogens (primary N) is 1. The molecule has 0 aliphatic heterocycles. The van der Waals surface area contributed by atoms with E-state index >= 15 is 0 Å². The minimum atomic E-state index is -0.377. The van der Waals surface area contributed by atoms with Crippen LogP contribution in [0.25, 0.3) is 5.57 Å². The van der Waals surface area contributed by atoms with Gasteiger partial charge >= 0.3 is 0 Å². The number of anilines is 1. The van der Waals surface area contributed by atoms with Crippen LogP contribution in [-0.4, -0.2) is 5.11 Å². The first-order valence-electron chi connectivity index (χ1n) is 12.1. The van der Waals surface area contributed by atoms with Crippen LogP contribution in [0.2, 0.25) is 0 Å². The second-order valence-corrected chi connectivity index (χ2v) is 9.54. The van der Waals surface area contributed by atoms with Crippen LogP contribution in [0.5, 0.6) is 0 Å².